The monoisotopic (exact) mass is 205 g/mol. The van der Waals surface area contributed by atoms with Gasteiger partial charge in [-0.2, -0.15) is 0 Å². The summed E-state index contributed by atoms with van der Waals surface area (Å²) in [6.07, 6.45) is 3.48. The molecule has 2 unspecified atom stereocenters. The number of hydrogen-bond acceptors (Lipinski definition) is 2. The van der Waals surface area contributed by atoms with Crippen molar-refractivity contribution in [3.8, 4) is 0 Å². The summed E-state index contributed by atoms with van der Waals surface area (Å²) in [6.45, 7) is 6.03. The Kier molecular flexibility index (Phi) is 5.76. The lowest BCUT2D eigenvalue weighted by Gasteiger charge is -2.12. The summed E-state index contributed by atoms with van der Waals surface area (Å²) in [5.41, 5.74) is 0. The molecular formula is C10H20ClNO. The molecule has 1 aliphatic heterocycles. The number of halogens is 1. The Balaban J connectivity index is 1.93. The van der Waals surface area contributed by atoms with E-state index in [9.17, 15) is 0 Å². The highest BCUT2D eigenvalue weighted by Crippen LogP contribution is 2.11. The molecule has 0 spiro atoms. The molecule has 0 radical (unpaired) electrons. The average molecular weight is 206 g/mol. The van der Waals surface area contributed by atoms with Crippen LogP contribution in [0.4, 0.5) is 0 Å². The molecule has 13 heavy (non-hydrogen) atoms. The normalized spacial score (nSPS) is 24.9. The van der Waals surface area contributed by atoms with Crippen LogP contribution in [0.25, 0.3) is 0 Å². The second-order valence-corrected chi connectivity index (χ2v) is 4.39. The van der Waals surface area contributed by atoms with E-state index >= 15 is 0 Å². The number of rotatable bonds is 6. The van der Waals surface area contributed by atoms with Crippen molar-refractivity contribution < 1.29 is 4.74 Å². The first-order valence-electron chi connectivity index (χ1n) is 5.25. The first-order chi connectivity index (χ1) is 6.33. The molecule has 0 saturated carbocycles. The van der Waals surface area contributed by atoms with Crippen molar-refractivity contribution in [3.63, 3.8) is 0 Å². The van der Waals surface area contributed by atoms with Crippen molar-refractivity contribution in [2.24, 2.45) is 5.92 Å². The predicted molar refractivity (Wildman–Crippen MR) is 56.3 cm³/mol. The maximum Gasteiger partial charge on any atom is 0.0507 e. The fraction of sp³-hybridized carbons (Fsp3) is 1.00. The van der Waals surface area contributed by atoms with Gasteiger partial charge < -0.3 is 10.1 Å². The molecule has 0 aromatic rings. The van der Waals surface area contributed by atoms with Gasteiger partial charge >= 0.3 is 0 Å². The van der Waals surface area contributed by atoms with Gasteiger partial charge in [0, 0.05) is 25.1 Å². The minimum atomic E-state index is 0.298. The van der Waals surface area contributed by atoms with E-state index in [2.05, 4.69) is 12.2 Å². The standard InChI is InChI=1S/C10H20ClNO/c1-2-3-10(11)7-12-6-9-4-5-13-8-9/h9-10,12H,2-8H2,1H3. The highest BCUT2D eigenvalue weighted by Gasteiger charge is 2.15. The third-order valence-electron chi connectivity index (χ3n) is 2.42. The quantitative estimate of drug-likeness (QED) is 0.670. The highest BCUT2D eigenvalue weighted by molar-refractivity contribution is 6.20. The van der Waals surface area contributed by atoms with Crippen molar-refractivity contribution in [3.05, 3.63) is 0 Å². The maximum atomic E-state index is 6.07. The molecule has 1 saturated heterocycles. The van der Waals surface area contributed by atoms with Crippen molar-refractivity contribution in [2.75, 3.05) is 26.3 Å². The van der Waals surface area contributed by atoms with Gasteiger partial charge in [0.25, 0.3) is 0 Å². The Hall–Kier alpha value is 0.210. The van der Waals surface area contributed by atoms with Crippen molar-refractivity contribution >= 4 is 11.6 Å². The van der Waals surface area contributed by atoms with Crippen LogP contribution in [0.2, 0.25) is 0 Å². The van der Waals surface area contributed by atoms with Crippen LogP contribution < -0.4 is 5.32 Å². The third-order valence-corrected chi connectivity index (χ3v) is 2.80. The fourth-order valence-electron chi connectivity index (χ4n) is 1.60. The van der Waals surface area contributed by atoms with Gasteiger partial charge in [-0.3, -0.25) is 0 Å². The van der Waals surface area contributed by atoms with Gasteiger partial charge in [-0.1, -0.05) is 13.3 Å². The van der Waals surface area contributed by atoms with E-state index in [1.54, 1.807) is 0 Å². The zero-order chi connectivity index (χ0) is 9.52. The topological polar surface area (TPSA) is 21.3 Å². The van der Waals surface area contributed by atoms with E-state index in [-0.39, 0.29) is 0 Å². The van der Waals surface area contributed by atoms with E-state index in [0.717, 1.165) is 32.7 Å². The van der Waals surface area contributed by atoms with Gasteiger partial charge in [0.05, 0.1) is 6.61 Å². The van der Waals surface area contributed by atoms with Crippen LogP contribution in [0, 0.1) is 5.92 Å². The average Bonchev–Trinajstić information content (AvgIpc) is 2.57. The Morgan fingerprint density at radius 2 is 2.46 bits per heavy atom. The molecule has 1 heterocycles. The molecule has 0 aromatic carbocycles. The molecule has 0 aliphatic carbocycles. The molecular weight excluding hydrogens is 186 g/mol. The lowest BCUT2D eigenvalue weighted by molar-refractivity contribution is 0.185. The van der Waals surface area contributed by atoms with Crippen LogP contribution in [0.5, 0.6) is 0 Å². The van der Waals surface area contributed by atoms with Crippen LogP contribution in [-0.4, -0.2) is 31.7 Å². The second kappa shape index (κ2) is 6.63. The summed E-state index contributed by atoms with van der Waals surface area (Å²) >= 11 is 6.07. The van der Waals surface area contributed by atoms with Gasteiger partial charge in [-0.05, 0) is 18.8 Å². The van der Waals surface area contributed by atoms with E-state index in [1.165, 1.54) is 12.8 Å². The summed E-state index contributed by atoms with van der Waals surface area (Å²) in [6, 6.07) is 0. The molecule has 1 N–H and O–H groups in total. The molecule has 2 nitrogen and oxygen atoms in total. The number of nitrogens with one attached hydrogen (secondary N) is 1. The van der Waals surface area contributed by atoms with Crippen LogP contribution in [0.1, 0.15) is 26.2 Å². The van der Waals surface area contributed by atoms with E-state index < -0.39 is 0 Å². The summed E-state index contributed by atoms with van der Waals surface area (Å²) in [4.78, 5) is 0. The van der Waals surface area contributed by atoms with Gasteiger partial charge in [-0.25, -0.2) is 0 Å². The molecule has 78 valence electrons. The van der Waals surface area contributed by atoms with Crippen molar-refractivity contribution in [1.29, 1.82) is 0 Å². The van der Waals surface area contributed by atoms with E-state index in [1.807, 2.05) is 0 Å². The van der Waals surface area contributed by atoms with E-state index in [0.29, 0.717) is 11.3 Å². The smallest absolute Gasteiger partial charge is 0.0507 e. The van der Waals surface area contributed by atoms with Crippen molar-refractivity contribution in [2.45, 2.75) is 31.6 Å². The van der Waals surface area contributed by atoms with Crippen LogP contribution in [0.15, 0.2) is 0 Å². The number of alkyl halides is 1. The van der Waals surface area contributed by atoms with Crippen LogP contribution >= 0.6 is 11.6 Å². The SMILES string of the molecule is CCCC(Cl)CNCC1CCOC1. The number of hydrogen-bond donors (Lipinski definition) is 1. The zero-order valence-electron chi connectivity index (χ0n) is 8.39. The maximum absolute atomic E-state index is 6.07. The van der Waals surface area contributed by atoms with Gasteiger partial charge in [-0.15, -0.1) is 11.6 Å². The first kappa shape index (κ1) is 11.3. The minimum Gasteiger partial charge on any atom is -0.381 e. The van der Waals surface area contributed by atoms with Gasteiger partial charge in [0.15, 0.2) is 0 Å². The number of ether oxygens (including phenoxy) is 1. The van der Waals surface area contributed by atoms with Gasteiger partial charge in [0.1, 0.15) is 0 Å². The van der Waals surface area contributed by atoms with Crippen molar-refractivity contribution in [1.82, 2.24) is 5.32 Å². The fourth-order valence-corrected chi connectivity index (χ4v) is 1.93. The summed E-state index contributed by atoms with van der Waals surface area (Å²) in [5.74, 6) is 0.713. The molecule has 1 fully saturated rings. The Morgan fingerprint density at radius 1 is 1.62 bits per heavy atom. The Labute approximate surface area is 86.0 Å². The van der Waals surface area contributed by atoms with Gasteiger partial charge in [0.2, 0.25) is 0 Å². The molecule has 1 aliphatic rings. The Morgan fingerprint density at radius 3 is 3.08 bits per heavy atom. The highest BCUT2D eigenvalue weighted by atomic mass is 35.5. The lowest BCUT2D eigenvalue weighted by Crippen LogP contribution is -2.28. The third kappa shape index (κ3) is 4.84. The first-order valence-corrected chi connectivity index (χ1v) is 5.69. The second-order valence-electron chi connectivity index (χ2n) is 3.77. The molecule has 1 rings (SSSR count). The van der Waals surface area contributed by atoms with E-state index in [4.69, 9.17) is 16.3 Å². The molecule has 2 atom stereocenters. The summed E-state index contributed by atoms with van der Waals surface area (Å²) in [5, 5.41) is 3.70. The zero-order valence-corrected chi connectivity index (χ0v) is 9.15. The molecule has 0 aromatic heterocycles. The molecule has 0 amide bonds. The molecule has 3 heteroatoms. The predicted octanol–water partition coefficient (Wildman–Crippen LogP) is 2.02. The molecule has 0 bridgehead atoms. The largest absolute Gasteiger partial charge is 0.381 e. The van der Waals surface area contributed by atoms with Crippen LogP contribution in [-0.2, 0) is 4.74 Å². The minimum absolute atomic E-state index is 0.298. The Bertz CT molecular complexity index is 126. The summed E-state index contributed by atoms with van der Waals surface area (Å²) in [7, 11) is 0. The van der Waals surface area contributed by atoms with Crippen LogP contribution in [0.3, 0.4) is 0 Å². The lowest BCUT2D eigenvalue weighted by atomic mass is 10.1. The summed E-state index contributed by atoms with van der Waals surface area (Å²) < 4.78 is 5.29.